The van der Waals surface area contributed by atoms with Crippen LogP contribution in [0.3, 0.4) is 0 Å². The van der Waals surface area contributed by atoms with E-state index in [1.165, 1.54) is 0 Å². The summed E-state index contributed by atoms with van der Waals surface area (Å²) in [4.78, 5) is 15.6. The fourth-order valence-electron chi connectivity index (χ4n) is 6.26. The lowest BCUT2D eigenvalue weighted by molar-refractivity contribution is -0.0464. The maximum atomic E-state index is 13.4. The molecule has 0 radical (unpaired) electrons. The molecule has 9 heteroatoms. The lowest BCUT2D eigenvalue weighted by atomic mass is 9.58. The summed E-state index contributed by atoms with van der Waals surface area (Å²) in [6.45, 7) is 13.1. The number of hydrogen-bond donors (Lipinski definition) is 2. The van der Waals surface area contributed by atoms with Gasteiger partial charge in [-0.2, -0.15) is 0 Å². The lowest BCUT2D eigenvalue weighted by Gasteiger charge is -2.51. The van der Waals surface area contributed by atoms with Gasteiger partial charge in [-0.25, -0.2) is 13.1 Å². The molecule has 234 valence electrons. The Hall–Kier alpha value is -2.81. The van der Waals surface area contributed by atoms with Crippen molar-refractivity contribution in [3.05, 3.63) is 83.4 Å². The molecule has 1 aliphatic heterocycles. The van der Waals surface area contributed by atoms with Crippen LogP contribution in [0.5, 0.6) is 5.75 Å². The summed E-state index contributed by atoms with van der Waals surface area (Å²) in [5.74, 6) is 0.164. The van der Waals surface area contributed by atoms with E-state index in [0.29, 0.717) is 49.7 Å². The highest BCUT2D eigenvalue weighted by molar-refractivity contribution is 7.90. The van der Waals surface area contributed by atoms with Crippen LogP contribution >= 0.6 is 11.6 Å². The van der Waals surface area contributed by atoms with Crippen molar-refractivity contribution in [3.8, 4) is 5.75 Å². The molecule has 1 amide bonds. The summed E-state index contributed by atoms with van der Waals surface area (Å²) < 4.78 is 34.9. The van der Waals surface area contributed by atoms with E-state index in [0.717, 1.165) is 48.9 Å². The zero-order valence-corrected chi connectivity index (χ0v) is 26.9. The number of ether oxygens (including phenoxy) is 1. The third kappa shape index (κ3) is 7.65. The molecule has 43 heavy (non-hydrogen) atoms. The van der Waals surface area contributed by atoms with Crippen molar-refractivity contribution in [1.82, 2.24) is 4.72 Å². The molecule has 4 rings (SSSR count). The maximum absolute atomic E-state index is 13.4. The number of anilines is 1. The minimum atomic E-state index is -3.87. The van der Waals surface area contributed by atoms with E-state index in [1.54, 1.807) is 37.3 Å². The SMILES string of the molecule is C=CCC[C@@H](CC)S(=O)(=O)NC(=O)c1ccc2c(c1)N(C[C@H]1CC[C@]1(C)[C@H](O)C=C)CCCCc1cc(Cl)ccc1CO2. The van der Waals surface area contributed by atoms with Crippen LogP contribution in [0.15, 0.2) is 61.7 Å². The van der Waals surface area contributed by atoms with Crippen LogP contribution in [0.2, 0.25) is 5.02 Å². The van der Waals surface area contributed by atoms with Gasteiger partial charge in [-0.1, -0.05) is 43.7 Å². The fraction of sp³-hybridized carbons (Fsp3) is 0.500. The number of amides is 1. The zero-order valence-electron chi connectivity index (χ0n) is 25.4. The Morgan fingerprint density at radius 1 is 1.23 bits per heavy atom. The van der Waals surface area contributed by atoms with E-state index in [2.05, 4.69) is 29.7 Å². The number of allylic oxidation sites excluding steroid dienone is 1. The molecule has 0 unspecified atom stereocenters. The Bertz CT molecular complexity index is 1430. The average Bonchev–Trinajstić information content (AvgIpc) is 3.01. The molecule has 4 atom stereocenters. The highest BCUT2D eigenvalue weighted by Crippen LogP contribution is 2.50. The second-order valence-corrected chi connectivity index (χ2v) is 14.5. The van der Waals surface area contributed by atoms with Gasteiger partial charge in [-0.05, 0) is 98.7 Å². The number of aliphatic hydroxyl groups excluding tert-OH is 1. The molecule has 1 heterocycles. The number of nitrogens with one attached hydrogen (secondary N) is 1. The fourth-order valence-corrected chi connectivity index (χ4v) is 7.88. The molecule has 2 N–H and O–H groups in total. The van der Waals surface area contributed by atoms with Gasteiger partial charge in [0.25, 0.3) is 5.91 Å². The minimum absolute atomic E-state index is 0.211. The van der Waals surface area contributed by atoms with Crippen LogP contribution < -0.4 is 14.4 Å². The van der Waals surface area contributed by atoms with Gasteiger partial charge in [-0.15, -0.1) is 13.2 Å². The standard InChI is InChI=1S/C34H45ClN2O5S/c1-5-8-12-29(6-2)43(40,41)36-33(39)25-14-16-31-30(21-25)37(22-27-17-18-34(27,4)32(38)7-3)19-10-9-11-24-20-28(35)15-13-26(24)23-42-31/h5,7,13-16,20-21,27,29,32,38H,1,3,6,8-12,17-19,22-23H2,2,4H3,(H,36,39)/t27-,29-,32-,34+/m1/s1. The first-order chi connectivity index (χ1) is 20.5. The normalized spacial score (nSPS) is 22.0. The Morgan fingerprint density at radius 2 is 2.02 bits per heavy atom. The minimum Gasteiger partial charge on any atom is -0.487 e. The first-order valence-corrected chi connectivity index (χ1v) is 17.2. The number of carbonyl (C=O) groups excluding carboxylic acids is 1. The molecular formula is C34H45ClN2O5S. The summed E-state index contributed by atoms with van der Waals surface area (Å²) in [7, 11) is -3.87. The molecule has 1 saturated carbocycles. The number of fused-ring (bicyclic) bond motifs is 2. The highest BCUT2D eigenvalue weighted by atomic mass is 35.5. The molecule has 2 aliphatic rings. The van der Waals surface area contributed by atoms with Crippen LogP contribution in [0.4, 0.5) is 5.69 Å². The number of sulfonamides is 1. The van der Waals surface area contributed by atoms with Crippen LogP contribution in [-0.2, 0) is 23.1 Å². The van der Waals surface area contributed by atoms with Gasteiger partial charge in [0.15, 0.2) is 0 Å². The predicted octanol–water partition coefficient (Wildman–Crippen LogP) is 6.83. The number of aliphatic hydroxyl groups is 1. The molecule has 0 bridgehead atoms. The van der Waals surface area contributed by atoms with Crippen molar-refractivity contribution in [2.24, 2.45) is 11.3 Å². The molecular weight excluding hydrogens is 584 g/mol. The molecule has 7 nitrogen and oxygen atoms in total. The van der Waals surface area contributed by atoms with Crippen molar-refractivity contribution in [2.75, 3.05) is 18.0 Å². The second kappa shape index (κ2) is 14.3. The van der Waals surface area contributed by atoms with Crippen molar-refractivity contribution >= 4 is 33.2 Å². The van der Waals surface area contributed by atoms with Crippen molar-refractivity contribution < 1.29 is 23.1 Å². The predicted molar refractivity (Wildman–Crippen MR) is 174 cm³/mol. The molecule has 0 saturated heterocycles. The van der Waals surface area contributed by atoms with Crippen molar-refractivity contribution in [2.45, 2.75) is 83.2 Å². The Labute approximate surface area is 262 Å². The molecule has 0 aromatic heterocycles. The van der Waals surface area contributed by atoms with E-state index in [-0.39, 0.29) is 16.9 Å². The zero-order chi connectivity index (χ0) is 31.2. The third-order valence-corrected chi connectivity index (χ3v) is 11.5. The summed E-state index contributed by atoms with van der Waals surface area (Å²) in [5.41, 5.74) is 2.92. The smallest absolute Gasteiger partial charge is 0.264 e. The van der Waals surface area contributed by atoms with E-state index in [9.17, 15) is 18.3 Å². The first-order valence-electron chi connectivity index (χ1n) is 15.3. The summed E-state index contributed by atoms with van der Waals surface area (Å²) in [6.07, 6.45) is 8.62. The maximum Gasteiger partial charge on any atom is 0.264 e. The third-order valence-electron chi connectivity index (χ3n) is 9.36. The van der Waals surface area contributed by atoms with Gasteiger partial charge in [0.05, 0.1) is 17.0 Å². The molecule has 2 aromatic rings. The number of carbonyl (C=O) groups is 1. The largest absolute Gasteiger partial charge is 0.487 e. The van der Waals surface area contributed by atoms with Gasteiger partial charge in [0.2, 0.25) is 10.0 Å². The first kappa shape index (κ1) is 33.1. The number of hydrogen-bond acceptors (Lipinski definition) is 6. The Morgan fingerprint density at radius 3 is 2.70 bits per heavy atom. The Kier molecular flexibility index (Phi) is 11.0. The number of rotatable bonds is 11. The van der Waals surface area contributed by atoms with Gasteiger partial charge in [0, 0.05) is 29.1 Å². The van der Waals surface area contributed by atoms with E-state index in [4.69, 9.17) is 16.3 Å². The summed E-state index contributed by atoms with van der Waals surface area (Å²) in [6, 6.07) is 11.0. The summed E-state index contributed by atoms with van der Waals surface area (Å²) >= 11 is 6.31. The van der Waals surface area contributed by atoms with Crippen LogP contribution in [0.1, 0.15) is 80.3 Å². The van der Waals surface area contributed by atoms with Gasteiger partial charge < -0.3 is 14.7 Å². The van der Waals surface area contributed by atoms with E-state index >= 15 is 0 Å². The monoisotopic (exact) mass is 628 g/mol. The van der Waals surface area contributed by atoms with Crippen molar-refractivity contribution in [3.63, 3.8) is 0 Å². The van der Waals surface area contributed by atoms with Gasteiger partial charge in [0.1, 0.15) is 12.4 Å². The number of halogens is 1. The second-order valence-electron chi connectivity index (χ2n) is 12.1. The Balaban J connectivity index is 1.68. The average molecular weight is 629 g/mol. The molecule has 1 fully saturated rings. The number of aryl methyl sites for hydroxylation is 1. The van der Waals surface area contributed by atoms with Crippen LogP contribution in [0.25, 0.3) is 0 Å². The van der Waals surface area contributed by atoms with Crippen molar-refractivity contribution in [1.29, 1.82) is 0 Å². The number of nitrogens with zero attached hydrogens (tertiary/aromatic N) is 1. The molecule has 1 aliphatic carbocycles. The van der Waals surface area contributed by atoms with Crippen LogP contribution in [-0.4, -0.2) is 43.9 Å². The van der Waals surface area contributed by atoms with E-state index in [1.807, 2.05) is 18.2 Å². The lowest BCUT2D eigenvalue weighted by Crippen LogP contribution is -2.51. The van der Waals surface area contributed by atoms with E-state index < -0.39 is 27.3 Å². The summed E-state index contributed by atoms with van der Waals surface area (Å²) in [5, 5.41) is 10.7. The quantitative estimate of drug-likeness (QED) is 0.265. The highest BCUT2D eigenvalue weighted by Gasteiger charge is 2.47. The molecule has 2 aromatic carbocycles. The van der Waals surface area contributed by atoms with Crippen LogP contribution in [0, 0.1) is 11.3 Å². The molecule has 0 spiro atoms. The van der Waals surface area contributed by atoms with Gasteiger partial charge >= 0.3 is 0 Å². The van der Waals surface area contributed by atoms with Gasteiger partial charge in [-0.3, -0.25) is 4.79 Å². The number of benzene rings is 2. The topological polar surface area (TPSA) is 95.9 Å².